The van der Waals surface area contributed by atoms with Gasteiger partial charge in [0, 0.05) is 21.1 Å². The van der Waals surface area contributed by atoms with Gasteiger partial charge in [0.05, 0.1) is 0 Å². The summed E-state index contributed by atoms with van der Waals surface area (Å²) < 4.78 is 1.12. The van der Waals surface area contributed by atoms with Crippen molar-refractivity contribution in [3.05, 3.63) is 33.4 Å². The number of carbonyl (C=O) groups is 1. The number of amides is 1. The fourth-order valence-corrected chi connectivity index (χ4v) is 1.77. The number of benzene rings is 1. The van der Waals surface area contributed by atoms with Crippen molar-refractivity contribution < 1.29 is 4.79 Å². The van der Waals surface area contributed by atoms with E-state index in [4.69, 9.17) is 11.6 Å². The van der Waals surface area contributed by atoms with Crippen LogP contribution in [-0.4, -0.2) is 17.8 Å². The zero-order valence-corrected chi connectivity index (χ0v) is 11.4. The average molecular weight is 338 g/mol. The molecule has 1 N–H and O–H groups in total. The number of alkyl halides is 1. The highest BCUT2D eigenvalue weighted by Gasteiger charge is 2.10. The third-order valence-corrected chi connectivity index (χ3v) is 3.21. The van der Waals surface area contributed by atoms with Crippen LogP contribution in [0.15, 0.2) is 24.3 Å². The Morgan fingerprint density at radius 2 is 2.07 bits per heavy atom. The zero-order chi connectivity index (χ0) is 11.3. The van der Waals surface area contributed by atoms with E-state index >= 15 is 0 Å². The molecule has 82 valence electrons. The summed E-state index contributed by atoms with van der Waals surface area (Å²) in [5.74, 6) is 0.394. The Morgan fingerprint density at radius 3 is 2.53 bits per heavy atom. The van der Waals surface area contributed by atoms with Crippen LogP contribution >= 0.6 is 34.2 Å². The normalized spacial score (nSPS) is 12.2. The second kappa shape index (κ2) is 6.33. The molecule has 1 rings (SSSR count). The lowest BCUT2D eigenvalue weighted by atomic mass is 10.2. The molecule has 0 aliphatic rings. The predicted octanol–water partition coefficient (Wildman–Crippen LogP) is 3.04. The Morgan fingerprint density at radius 1 is 1.47 bits per heavy atom. The number of carbonyl (C=O) groups excluding carboxylic acids is 1. The van der Waals surface area contributed by atoms with Crippen molar-refractivity contribution in [2.75, 3.05) is 5.88 Å². The molecule has 0 heterocycles. The standard InChI is InChI=1S/C11H13ClINO/c1-2-10(7-12)14-11(15)8-3-5-9(13)6-4-8/h3-6,10H,2,7H2,1H3,(H,14,15). The van der Waals surface area contributed by atoms with Crippen molar-refractivity contribution in [3.63, 3.8) is 0 Å². The number of halogens is 2. The van der Waals surface area contributed by atoms with E-state index in [1.165, 1.54) is 0 Å². The fourth-order valence-electron chi connectivity index (χ4n) is 1.12. The zero-order valence-electron chi connectivity index (χ0n) is 8.47. The minimum Gasteiger partial charge on any atom is -0.348 e. The summed E-state index contributed by atoms with van der Waals surface area (Å²) in [6.45, 7) is 2.00. The molecule has 0 saturated heterocycles. The van der Waals surface area contributed by atoms with E-state index in [-0.39, 0.29) is 11.9 Å². The van der Waals surface area contributed by atoms with Gasteiger partial charge in [-0.05, 0) is 53.3 Å². The number of hydrogen-bond donors (Lipinski definition) is 1. The van der Waals surface area contributed by atoms with Crippen molar-refractivity contribution in [1.29, 1.82) is 0 Å². The summed E-state index contributed by atoms with van der Waals surface area (Å²) in [5, 5.41) is 2.88. The third-order valence-electron chi connectivity index (χ3n) is 2.12. The van der Waals surface area contributed by atoms with E-state index in [1.54, 1.807) is 0 Å². The minimum absolute atomic E-state index is 0.0541. The highest BCUT2D eigenvalue weighted by Crippen LogP contribution is 2.07. The molecule has 0 saturated carbocycles. The highest BCUT2D eigenvalue weighted by atomic mass is 127. The molecular weight excluding hydrogens is 324 g/mol. The maximum absolute atomic E-state index is 11.7. The third kappa shape index (κ3) is 3.99. The van der Waals surface area contributed by atoms with E-state index in [0.717, 1.165) is 9.99 Å². The summed E-state index contributed by atoms with van der Waals surface area (Å²) in [7, 11) is 0. The number of nitrogens with one attached hydrogen (secondary N) is 1. The highest BCUT2D eigenvalue weighted by molar-refractivity contribution is 14.1. The molecule has 1 aromatic rings. The monoisotopic (exact) mass is 337 g/mol. The van der Waals surface area contributed by atoms with Gasteiger partial charge < -0.3 is 5.32 Å². The van der Waals surface area contributed by atoms with E-state index in [0.29, 0.717) is 11.4 Å². The van der Waals surface area contributed by atoms with Gasteiger partial charge in [-0.25, -0.2) is 0 Å². The van der Waals surface area contributed by atoms with Gasteiger partial charge in [-0.1, -0.05) is 6.92 Å². The van der Waals surface area contributed by atoms with Gasteiger partial charge in [-0.15, -0.1) is 11.6 Å². The molecule has 1 aromatic carbocycles. The van der Waals surface area contributed by atoms with Crippen LogP contribution in [0.3, 0.4) is 0 Å². The van der Waals surface area contributed by atoms with Gasteiger partial charge in [-0.2, -0.15) is 0 Å². The quantitative estimate of drug-likeness (QED) is 0.664. The molecular formula is C11H13ClINO. The molecule has 15 heavy (non-hydrogen) atoms. The van der Waals surface area contributed by atoms with Crippen molar-refractivity contribution in [1.82, 2.24) is 5.32 Å². The molecule has 1 amide bonds. The molecule has 0 aliphatic heterocycles. The maximum Gasteiger partial charge on any atom is 0.251 e. The van der Waals surface area contributed by atoms with E-state index < -0.39 is 0 Å². The Labute approximate surface area is 109 Å². The lowest BCUT2D eigenvalue weighted by Gasteiger charge is -2.13. The molecule has 1 atom stereocenters. The molecule has 1 unspecified atom stereocenters. The molecule has 0 aliphatic carbocycles. The largest absolute Gasteiger partial charge is 0.348 e. The molecule has 0 radical (unpaired) electrons. The molecule has 0 aromatic heterocycles. The summed E-state index contributed by atoms with van der Waals surface area (Å²) in [6, 6.07) is 7.52. The van der Waals surface area contributed by atoms with Gasteiger partial charge in [0.25, 0.3) is 5.91 Å². The van der Waals surface area contributed by atoms with Gasteiger partial charge >= 0.3 is 0 Å². The van der Waals surface area contributed by atoms with Crippen molar-refractivity contribution >= 4 is 40.1 Å². The maximum atomic E-state index is 11.7. The molecule has 2 nitrogen and oxygen atoms in total. The number of rotatable bonds is 4. The van der Waals surface area contributed by atoms with Crippen LogP contribution in [0.1, 0.15) is 23.7 Å². The van der Waals surface area contributed by atoms with Crippen molar-refractivity contribution in [3.8, 4) is 0 Å². The van der Waals surface area contributed by atoms with Crippen LogP contribution in [-0.2, 0) is 0 Å². The first-order valence-electron chi connectivity index (χ1n) is 4.79. The van der Waals surface area contributed by atoms with Gasteiger partial charge in [-0.3, -0.25) is 4.79 Å². The second-order valence-electron chi connectivity index (χ2n) is 3.24. The van der Waals surface area contributed by atoms with Gasteiger partial charge in [0.1, 0.15) is 0 Å². The van der Waals surface area contributed by atoms with Crippen LogP contribution in [0.25, 0.3) is 0 Å². The summed E-state index contributed by atoms with van der Waals surface area (Å²) in [4.78, 5) is 11.7. The molecule has 0 spiro atoms. The summed E-state index contributed by atoms with van der Waals surface area (Å²) in [6.07, 6.45) is 0.847. The van der Waals surface area contributed by atoms with Crippen LogP contribution in [0.5, 0.6) is 0 Å². The first-order chi connectivity index (χ1) is 7.17. The predicted molar refractivity (Wildman–Crippen MR) is 71.4 cm³/mol. The Bertz CT molecular complexity index is 322. The van der Waals surface area contributed by atoms with Crippen LogP contribution < -0.4 is 5.32 Å². The number of hydrogen-bond acceptors (Lipinski definition) is 1. The molecule has 4 heteroatoms. The Kier molecular flexibility index (Phi) is 5.39. The second-order valence-corrected chi connectivity index (χ2v) is 4.79. The van der Waals surface area contributed by atoms with Crippen LogP contribution in [0.2, 0.25) is 0 Å². The first kappa shape index (κ1) is 12.8. The van der Waals surface area contributed by atoms with E-state index in [2.05, 4.69) is 27.9 Å². The molecule has 0 bridgehead atoms. The Balaban J connectivity index is 2.64. The lowest BCUT2D eigenvalue weighted by molar-refractivity contribution is 0.0940. The minimum atomic E-state index is -0.0566. The Hall–Kier alpha value is -0.290. The lowest BCUT2D eigenvalue weighted by Crippen LogP contribution is -2.35. The topological polar surface area (TPSA) is 29.1 Å². The van der Waals surface area contributed by atoms with E-state index in [9.17, 15) is 4.79 Å². The van der Waals surface area contributed by atoms with Gasteiger partial charge in [0.15, 0.2) is 0 Å². The molecule has 0 fully saturated rings. The smallest absolute Gasteiger partial charge is 0.251 e. The SMILES string of the molecule is CCC(CCl)NC(=O)c1ccc(I)cc1. The fraction of sp³-hybridized carbons (Fsp3) is 0.364. The average Bonchev–Trinajstić information content (AvgIpc) is 2.26. The van der Waals surface area contributed by atoms with Crippen molar-refractivity contribution in [2.24, 2.45) is 0 Å². The summed E-state index contributed by atoms with van der Waals surface area (Å²) in [5.41, 5.74) is 0.680. The van der Waals surface area contributed by atoms with Gasteiger partial charge in [0.2, 0.25) is 0 Å². The van der Waals surface area contributed by atoms with Crippen LogP contribution in [0, 0.1) is 3.57 Å². The van der Waals surface area contributed by atoms with Crippen molar-refractivity contribution in [2.45, 2.75) is 19.4 Å². The van der Waals surface area contributed by atoms with E-state index in [1.807, 2.05) is 31.2 Å². The van der Waals surface area contributed by atoms with Crippen LogP contribution in [0.4, 0.5) is 0 Å². The summed E-state index contributed by atoms with van der Waals surface area (Å²) >= 11 is 7.92. The first-order valence-corrected chi connectivity index (χ1v) is 6.41.